The van der Waals surface area contributed by atoms with Crippen molar-refractivity contribution in [1.82, 2.24) is 15.5 Å². The van der Waals surface area contributed by atoms with Gasteiger partial charge in [0.2, 0.25) is 0 Å². The summed E-state index contributed by atoms with van der Waals surface area (Å²) in [6, 6.07) is 25.6. The van der Waals surface area contributed by atoms with Crippen LogP contribution in [-0.4, -0.2) is 54.9 Å². The first-order valence-electron chi connectivity index (χ1n) is 14.4. The Morgan fingerprint density at radius 3 is 2.21 bits per heavy atom. The first-order chi connectivity index (χ1) is 20.4. The molecule has 4 rings (SSSR count). The Hall–Kier alpha value is -3.76. The van der Waals surface area contributed by atoms with E-state index in [-0.39, 0.29) is 37.9 Å². The number of hydrogen-bond donors (Lipinski definition) is 3. The van der Waals surface area contributed by atoms with Crippen LogP contribution in [0.3, 0.4) is 0 Å². The molecule has 3 aromatic carbocycles. The van der Waals surface area contributed by atoms with Crippen LogP contribution in [0.5, 0.6) is 0 Å². The fraction of sp³-hybridized carbons (Fsp3) is 0.394. The molecule has 9 nitrogen and oxygen atoms in total. The summed E-state index contributed by atoms with van der Waals surface area (Å²) in [4.78, 5) is 25.7. The van der Waals surface area contributed by atoms with Crippen LogP contribution in [0, 0.1) is 5.92 Å². The summed E-state index contributed by atoms with van der Waals surface area (Å²) in [5.74, 6) is -0.401. The van der Waals surface area contributed by atoms with Gasteiger partial charge in [-0.2, -0.15) is 0 Å². The number of nitrogens with one attached hydrogen (secondary N) is 2. The lowest BCUT2D eigenvalue weighted by atomic mass is 9.90. The van der Waals surface area contributed by atoms with Gasteiger partial charge in [-0.3, -0.25) is 9.69 Å². The van der Waals surface area contributed by atoms with Crippen LogP contribution in [0.4, 0.5) is 4.79 Å². The summed E-state index contributed by atoms with van der Waals surface area (Å²) in [5.41, 5.74) is 4.91. The van der Waals surface area contributed by atoms with Gasteiger partial charge in [0.15, 0.2) is 6.29 Å². The summed E-state index contributed by atoms with van der Waals surface area (Å²) < 4.78 is 18.0. The molecule has 1 fully saturated rings. The summed E-state index contributed by atoms with van der Waals surface area (Å²) in [6.07, 6.45) is -0.866. The highest BCUT2D eigenvalue weighted by atomic mass is 16.7. The third-order valence-electron chi connectivity index (χ3n) is 7.31. The Kier molecular flexibility index (Phi) is 11.5. The molecule has 3 N–H and O–H groups in total. The lowest BCUT2D eigenvalue weighted by Crippen LogP contribution is -2.43. The van der Waals surface area contributed by atoms with Crippen molar-refractivity contribution in [3.63, 3.8) is 0 Å². The van der Waals surface area contributed by atoms with E-state index in [0.29, 0.717) is 6.54 Å². The van der Waals surface area contributed by atoms with E-state index in [0.717, 1.165) is 35.3 Å². The van der Waals surface area contributed by atoms with Crippen molar-refractivity contribution in [1.29, 1.82) is 0 Å². The van der Waals surface area contributed by atoms with Crippen molar-refractivity contribution >= 4 is 12.0 Å². The predicted octanol–water partition coefficient (Wildman–Crippen LogP) is 4.46. The molecule has 0 bridgehead atoms. The SMILES string of the molecule is CCOC(=O)CNC(=O)NCc1ccc([C@H]2O[C@@H](CN(C)Cc3ccccc3)[C@@H](C)[C@@H](c3ccc(CO)cc3)O2)cc1. The number of hydrogen-bond acceptors (Lipinski definition) is 7. The molecule has 0 spiro atoms. The number of aliphatic hydroxyl groups excluding tert-OH is 1. The Morgan fingerprint density at radius 1 is 0.881 bits per heavy atom. The zero-order chi connectivity index (χ0) is 29.9. The zero-order valence-electron chi connectivity index (χ0n) is 24.5. The molecule has 4 atom stereocenters. The molecule has 0 unspecified atom stereocenters. The average Bonchev–Trinajstić information content (AvgIpc) is 3.01. The van der Waals surface area contributed by atoms with Crippen molar-refractivity contribution in [2.45, 2.75) is 52.0 Å². The van der Waals surface area contributed by atoms with Gasteiger partial charge in [0, 0.05) is 31.1 Å². The number of amides is 2. The Balaban J connectivity index is 1.43. The number of urea groups is 1. The molecule has 2 amide bonds. The molecule has 42 heavy (non-hydrogen) atoms. The third-order valence-corrected chi connectivity index (χ3v) is 7.31. The maximum atomic E-state index is 12.0. The van der Waals surface area contributed by atoms with Crippen LogP contribution in [0.15, 0.2) is 78.9 Å². The Labute approximate surface area is 247 Å². The molecular weight excluding hydrogens is 534 g/mol. The van der Waals surface area contributed by atoms with E-state index in [1.807, 2.05) is 66.7 Å². The van der Waals surface area contributed by atoms with Crippen molar-refractivity contribution in [2.24, 2.45) is 5.92 Å². The highest BCUT2D eigenvalue weighted by Gasteiger charge is 2.38. The third kappa shape index (κ3) is 8.87. The smallest absolute Gasteiger partial charge is 0.325 e. The van der Waals surface area contributed by atoms with Crippen molar-refractivity contribution in [2.75, 3.05) is 26.7 Å². The minimum absolute atomic E-state index is 0.00569. The van der Waals surface area contributed by atoms with Gasteiger partial charge in [-0.25, -0.2) is 4.79 Å². The molecule has 1 heterocycles. The number of rotatable bonds is 12. The second-order valence-electron chi connectivity index (χ2n) is 10.6. The molecule has 0 radical (unpaired) electrons. The number of nitrogens with zero attached hydrogens (tertiary/aromatic N) is 1. The monoisotopic (exact) mass is 575 g/mol. The van der Waals surface area contributed by atoms with Crippen LogP contribution in [0.25, 0.3) is 0 Å². The lowest BCUT2D eigenvalue weighted by molar-refractivity contribution is -0.276. The Morgan fingerprint density at radius 2 is 1.55 bits per heavy atom. The number of aliphatic hydroxyl groups is 1. The van der Waals surface area contributed by atoms with Crippen LogP contribution in [0.1, 0.15) is 54.1 Å². The molecule has 3 aromatic rings. The van der Waals surface area contributed by atoms with E-state index in [9.17, 15) is 14.7 Å². The molecular formula is C33H41N3O6. The molecule has 0 aromatic heterocycles. The van der Waals surface area contributed by atoms with Crippen molar-refractivity contribution in [3.8, 4) is 0 Å². The predicted molar refractivity (Wildman–Crippen MR) is 159 cm³/mol. The van der Waals surface area contributed by atoms with Gasteiger partial charge in [-0.1, -0.05) is 85.8 Å². The van der Waals surface area contributed by atoms with E-state index < -0.39 is 18.3 Å². The van der Waals surface area contributed by atoms with Gasteiger partial charge < -0.3 is 30.0 Å². The number of likely N-dealkylation sites (N-methyl/N-ethyl adjacent to an activating group) is 1. The number of esters is 1. The van der Waals surface area contributed by atoms with Gasteiger partial charge >= 0.3 is 12.0 Å². The average molecular weight is 576 g/mol. The maximum absolute atomic E-state index is 12.0. The zero-order valence-corrected chi connectivity index (χ0v) is 24.5. The number of carbonyl (C=O) groups is 2. The maximum Gasteiger partial charge on any atom is 0.325 e. The second-order valence-corrected chi connectivity index (χ2v) is 10.6. The normalized spacial score (nSPS) is 20.2. The molecule has 0 aliphatic carbocycles. The fourth-order valence-electron chi connectivity index (χ4n) is 5.00. The van der Waals surface area contributed by atoms with Crippen LogP contribution >= 0.6 is 0 Å². The summed E-state index contributed by atoms with van der Waals surface area (Å²) in [6.45, 7) is 5.78. The van der Waals surface area contributed by atoms with Gasteiger partial charge in [-0.15, -0.1) is 0 Å². The number of ether oxygens (including phenoxy) is 3. The van der Waals surface area contributed by atoms with E-state index in [2.05, 4.69) is 41.6 Å². The van der Waals surface area contributed by atoms with Gasteiger partial charge in [0.25, 0.3) is 0 Å². The largest absolute Gasteiger partial charge is 0.465 e. The quantitative estimate of drug-likeness (QED) is 0.274. The molecule has 1 aliphatic rings. The van der Waals surface area contributed by atoms with Crippen LogP contribution < -0.4 is 10.6 Å². The topological polar surface area (TPSA) is 109 Å². The fourth-order valence-corrected chi connectivity index (χ4v) is 5.00. The minimum atomic E-state index is -0.575. The van der Waals surface area contributed by atoms with E-state index >= 15 is 0 Å². The van der Waals surface area contributed by atoms with E-state index in [1.165, 1.54) is 5.56 Å². The molecule has 1 saturated heterocycles. The van der Waals surface area contributed by atoms with Gasteiger partial charge in [0.1, 0.15) is 6.54 Å². The summed E-state index contributed by atoms with van der Waals surface area (Å²) >= 11 is 0. The molecule has 1 aliphatic heterocycles. The van der Waals surface area contributed by atoms with Gasteiger partial charge in [0.05, 0.1) is 25.4 Å². The highest BCUT2D eigenvalue weighted by molar-refractivity contribution is 5.80. The van der Waals surface area contributed by atoms with Gasteiger partial charge in [-0.05, 0) is 36.2 Å². The summed E-state index contributed by atoms with van der Waals surface area (Å²) in [7, 11) is 2.10. The van der Waals surface area contributed by atoms with E-state index in [4.69, 9.17) is 14.2 Å². The second kappa shape index (κ2) is 15.5. The number of benzene rings is 3. The first-order valence-corrected chi connectivity index (χ1v) is 14.4. The highest BCUT2D eigenvalue weighted by Crippen LogP contribution is 2.41. The van der Waals surface area contributed by atoms with Crippen molar-refractivity contribution in [3.05, 3.63) is 107 Å². The lowest BCUT2D eigenvalue weighted by Gasteiger charge is -2.42. The molecule has 0 saturated carbocycles. The number of carbonyl (C=O) groups excluding carboxylic acids is 2. The Bertz CT molecular complexity index is 1270. The summed E-state index contributed by atoms with van der Waals surface area (Å²) in [5, 5.41) is 14.7. The van der Waals surface area contributed by atoms with Crippen LogP contribution in [-0.2, 0) is 38.7 Å². The molecule has 9 heteroatoms. The van der Waals surface area contributed by atoms with Crippen molar-refractivity contribution < 1.29 is 28.9 Å². The van der Waals surface area contributed by atoms with E-state index in [1.54, 1.807) is 6.92 Å². The minimum Gasteiger partial charge on any atom is -0.465 e. The van der Waals surface area contributed by atoms with Crippen LogP contribution in [0.2, 0.25) is 0 Å². The first kappa shape index (κ1) is 31.2. The molecule has 224 valence electrons. The standard InChI is InChI=1S/C33H41N3O6/c1-4-40-30(38)19-35-33(39)34-18-24-10-16-28(17-11-24)32-41-29(21-36(3)20-25-8-6-5-7-9-25)23(2)31(42-32)27-14-12-26(22-37)13-15-27/h5-17,23,29,31-32,37H,4,18-22H2,1-3H3,(H2,34,35,39)/t23-,29+,31+,32+/m1/s1.